The van der Waals surface area contributed by atoms with Crippen molar-refractivity contribution < 1.29 is 4.21 Å². The SMILES string of the molecule is CCCNC1CCCC1S(=O)Cc1cc(C)cc(C)c1. The monoisotopic (exact) mass is 293 g/mol. The maximum Gasteiger partial charge on any atom is 0.0504 e. The number of benzene rings is 1. The van der Waals surface area contributed by atoms with Crippen molar-refractivity contribution in [3.8, 4) is 0 Å². The second-order valence-electron chi connectivity index (χ2n) is 6.05. The minimum absolute atomic E-state index is 0.336. The molecular weight excluding hydrogens is 266 g/mol. The molecule has 1 fully saturated rings. The first-order valence-corrected chi connectivity index (χ1v) is 9.16. The van der Waals surface area contributed by atoms with Crippen LogP contribution in [0.25, 0.3) is 0 Å². The van der Waals surface area contributed by atoms with Crippen LogP contribution in [0.3, 0.4) is 0 Å². The summed E-state index contributed by atoms with van der Waals surface area (Å²) in [5, 5.41) is 3.91. The number of hydrogen-bond donors (Lipinski definition) is 1. The highest BCUT2D eigenvalue weighted by Crippen LogP contribution is 2.26. The highest BCUT2D eigenvalue weighted by molar-refractivity contribution is 7.84. The van der Waals surface area contributed by atoms with Gasteiger partial charge in [0, 0.05) is 22.6 Å². The molecule has 0 aromatic heterocycles. The van der Waals surface area contributed by atoms with Crippen molar-refractivity contribution >= 4 is 10.8 Å². The summed E-state index contributed by atoms with van der Waals surface area (Å²) < 4.78 is 12.7. The fraction of sp³-hybridized carbons (Fsp3) is 0.647. The lowest BCUT2D eigenvalue weighted by Crippen LogP contribution is -2.38. The predicted octanol–water partition coefficient (Wildman–Crippen LogP) is 3.47. The van der Waals surface area contributed by atoms with Gasteiger partial charge in [-0.3, -0.25) is 4.21 Å². The first-order chi connectivity index (χ1) is 9.60. The normalized spacial score (nSPS) is 23.9. The number of nitrogens with one attached hydrogen (secondary N) is 1. The summed E-state index contributed by atoms with van der Waals surface area (Å²) in [6.07, 6.45) is 4.65. The van der Waals surface area contributed by atoms with Gasteiger partial charge in [0.05, 0.1) is 5.25 Å². The number of rotatable bonds is 6. The predicted molar refractivity (Wildman–Crippen MR) is 87.5 cm³/mol. The molecule has 0 spiro atoms. The third kappa shape index (κ3) is 4.16. The molecule has 0 amide bonds. The van der Waals surface area contributed by atoms with Crippen LogP contribution >= 0.6 is 0 Å². The number of hydrogen-bond acceptors (Lipinski definition) is 2. The molecule has 2 rings (SSSR count). The lowest BCUT2D eigenvalue weighted by molar-refractivity contribution is 0.523. The maximum atomic E-state index is 12.7. The van der Waals surface area contributed by atoms with Crippen LogP contribution in [0.2, 0.25) is 0 Å². The van der Waals surface area contributed by atoms with Crippen LogP contribution in [0, 0.1) is 13.8 Å². The van der Waals surface area contributed by atoms with Crippen molar-refractivity contribution in [3.63, 3.8) is 0 Å². The highest BCUT2D eigenvalue weighted by Gasteiger charge is 2.31. The van der Waals surface area contributed by atoms with Crippen LogP contribution in [0.1, 0.15) is 49.3 Å². The quantitative estimate of drug-likeness (QED) is 0.870. The Morgan fingerprint density at radius 2 is 1.90 bits per heavy atom. The van der Waals surface area contributed by atoms with Crippen LogP contribution in [0.5, 0.6) is 0 Å². The Bertz CT molecular complexity index is 452. The highest BCUT2D eigenvalue weighted by atomic mass is 32.2. The molecule has 0 heterocycles. The molecule has 1 aliphatic carbocycles. The third-order valence-electron chi connectivity index (χ3n) is 4.04. The van der Waals surface area contributed by atoms with Crippen LogP contribution in [-0.2, 0) is 16.6 Å². The van der Waals surface area contributed by atoms with E-state index in [-0.39, 0.29) is 0 Å². The van der Waals surface area contributed by atoms with Crippen LogP contribution < -0.4 is 5.32 Å². The van der Waals surface area contributed by atoms with E-state index < -0.39 is 10.8 Å². The van der Waals surface area contributed by atoms with Crippen molar-refractivity contribution in [1.82, 2.24) is 5.32 Å². The van der Waals surface area contributed by atoms with Gasteiger partial charge in [-0.05, 0) is 45.2 Å². The van der Waals surface area contributed by atoms with Gasteiger partial charge in [-0.2, -0.15) is 0 Å². The van der Waals surface area contributed by atoms with Gasteiger partial charge in [-0.25, -0.2) is 0 Å². The third-order valence-corrected chi connectivity index (χ3v) is 5.89. The van der Waals surface area contributed by atoms with E-state index in [9.17, 15) is 4.21 Å². The molecule has 1 N–H and O–H groups in total. The summed E-state index contributed by atoms with van der Waals surface area (Å²) in [4.78, 5) is 0. The van der Waals surface area contributed by atoms with E-state index in [0.717, 1.165) is 19.4 Å². The summed E-state index contributed by atoms with van der Waals surface area (Å²) >= 11 is 0. The molecule has 3 atom stereocenters. The molecule has 0 aliphatic heterocycles. The summed E-state index contributed by atoms with van der Waals surface area (Å²) in [6.45, 7) is 7.45. The van der Waals surface area contributed by atoms with Gasteiger partial charge in [0.25, 0.3) is 0 Å². The Kier molecular flexibility index (Phi) is 5.79. The molecule has 1 saturated carbocycles. The lowest BCUT2D eigenvalue weighted by atomic mass is 10.1. The van der Waals surface area contributed by atoms with Gasteiger partial charge < -0.3 is 5.32 Å². The molecule has 2 nitrogen and oxygen atoms in total. The molecular formula is C17H27NOS. The van der Waals surface area contributed by atoms with Crippen LogP contribution in [0.4, 0.5) is 0 Å². The van der Waals surface area contributed by atoms with Crippen LogP contribution in [-0.4, -0.2) is 22.0 Å². The van der Waals surface area contributed by atoms with Crippen LogP contribution in [0.15, 0.2) is 18.2 Å². The summed E-state index contributed by atoms with van der Waals surface area (Å²) in [5.74, 6) is 0.706. The fourth-order valence-electron chi connectivity index (χ4n) is 3.23. The second-order valence-corrected chi connectivity index (χ2v) is 7.71. The van der Waals surface area contributed by atoms with E-state index in [1.807, 2.05) is 0 Å². The Hall–Kier alpha value is -0.670. The average molecular weight is 293 g/mol. The summed E-state index contributed by atoms with van der Waals surface area (Å²) in [7, 11) is -0.759. The molecule has 3 heteroatoms. The minimum atomic E-state index is -0.759. The zero-order valence-electron chi connectivity index (χ0n) is 12.9. The second kappa shape index (κ2) is 7.37. The zero-order valence-corrected chi connectivity index (χ0v) is 13.8. The van der Waals surface area contributed by atoms with E-state index >= 15 is 0 Å². The minimum Gasteiger partial charge on any atom is -0.313 e. The maximum absolute atomic E-state index is 12.7. The molecule has 1 aliphatic rings. The first-order valence-electron chi connectivity index (χ1n) is 7.78. The van der Waals surface area contributed by atoms with E-state index in [4.69, 9.17) is 0 Å². The van der Waals surface area contributed by atoms with Gasteiger partial charge in [-0.15, -0.1) is 0 Å². The van der Waals surface area contributed by atoms with Crippen molar-refractivity contribution in [1.29, 1.82) is 0 Å². The molecule has 3 unspecified atom stereocenters. The molecule has 1 aromatic rings. The van der Waals surface area contributed by atoms with E-state index in [2.05, 4.69) is 44.3 Å². The molecule has 1 aromatic carbocycles. The van der Waals surface area contributed by atoms with Crippen molar-refractivity contribution in [2.24, 2.45) is 0 Å². The van der Waals surface area contributed by atoms with Gasteiger partial charge in [-0.1, -0.05) is 42.7 Å². The lowest BCUT2D eigenvalue weighted by Gasteiger charge is -2.20. The fourth-order valence-corrected chi connectivity index (χ4v) is 4.97. The summed E-state index contributed by atoms with van der Waals surface area (Å²) in [6, 6.07) is 6.98. The van der Waals surface area contributed by atoms with Gasteiger partial charge in [0.2, 0.25) is 0 Å². The van der Waals surface area contributed by atoms with Crippen molar-refractivity contribution in [2.75, 3.05) is 6.54 Å². The van der Waals surface area contributed by atoms with Crippen molar-refractivity contribution in [3.05, 3.63) is 34.9 Å². The van der Waals surface area contributed by atoms with E-state index in [0.29, 0.717) is 17.0 Å². The van der Waals surface area contributed by atoms with Gasteiger partial charge in [0.1, 0.15) is 0 Å². The smallest absolute Gasteiger partial charge is 0.0504 e. The molecule has 0 radical (unpaired) electrons. The van der Waals surface area contributed by atoms with Gasteiger partial charge in [0.15, 0.2) is 0 Å². The Labute approximate surface area is 125 Å². The largest absolute Gasteiger partial charge is 0.313 e. The average Bonchev–Trinajstić information content (AvgIpc) is 2.83. The van der Waals surface area contributed by atoms with E-state index in [1.54, 1.807) is 0 Å². The summed E-state index contributed by atoms with van der Waals surface area (Å²) in [5.41, 5.74) is 3.76. The standard InChI is InChI=1S/C17H27NOS/c1-4-8-18-16-6-5-7-17(16)20(19)12-15-10-13(2)9-14(3)11-15/h9-11,16-18H,4-8,12H2,1-3H3. The Balaban J connectivity index is 1.99. The molecule has 0 saturated heterocycles. The Morgan fingerprint density at radius 3 is 2.55 bits per heavy atom. The molecule has 112 valence electrons. The molecule has 20 heavy (non-hydrogen) atoms. The zero-order chi connectivity index (χ0) is 14.5. The topological polar surface area (TPSA) is 29.1 Å². The van der Waals surface area contributed by atoms with Crippen molar-refractivity contribution in [2.45, 2.75) is 63.5 Å². The van der Waals surface area contributed by atoms with Gasteiger partial charge >= 0.3 is 0 Å². The first kappa shape index (κ1) is 15.7. The molecule has 0 bridgehead atoms. The van der Waals surface area contributed by atoms with E-state index in [1.165, 1.54) is 29.5 Å². The number of aryl methyl sites for hydroxylation is 2. The Morgan fingerprint density at radius 1 is 1.20 bits per heavy atom.